The molecule has 2 aromatic heterocycles. The van der Waals surface area contributed by atoms with Crippen LogP contribution in [0.1, 0.15) is 24.4 Å². The summed E-state index contributed by atoms with van der Waals surface area (Å²) in [6.07, 6.45) is 2.01. The molecule has 0 spiro atoms. The molecule has 2 heterocycles. The van der Waals surface area contributed by atoms with Crippen LogP contribution in [-0.2, 0) is 11.2 Å². The lowest BCUT2D eigenvalue weighted by molar-refractivity contribution is -0.121. The third-order valence-electron chi connectivity index (χ3n) is 3.42. The zero-order valence-electron chi connectivity index (χ0n) is 12.8. The van der Waals surface area contributed by atoms with E-state index in [0.29, 0.717) is 0 Å². The van der Waals surface area contributed by atoms with Gasteiger partial charge in [-0.15, -0.1) is 11.3 Å². The zero-order chi connectivity index (χ0) is 16.1. The topological polar surface area (TPSA) is 54.9 Å². The minimum atomic E-state index is -0.115. The van der Waals surface area contributed by atoms with Crippen molar-refractivity contribution in [1.82, 2.24) is 15.3 Å². The van der Waals surface area contributed by atoms with Crippen LogP contribution in [0.15, 0.2) is 60.1 Å². The summed E-state index contributed by atoms with van der Waals surface area (Å²) in [4.78, 5) is 21.0. The second-order valence-corrected chi connectivity index (χ2v) is 6.09. The monoisotopic (exact) mass is 323 g/mol. The number of benzene rings is 1. The van der Waals surface area contributed by atoms with Gasteiger partial charge in [-0.2, -0.15) is 0 Å². The number of nitrogens with one attached hydrogen (secondary N) is 1. The SMILES string of the molecule is C[C@H](NC(=O)Cc1csc(-c2ccccc2)n1)c1ccccn1. The third-order valence-corrected chi connectivity index (χ3v) is 4.36. The van der Waals surface area contributed by atoms with E-state index in [2.05, 4.69) is 15.3 Å². The Labute approximate surface area is 139 Å². The fourth-order valence-electron chi connectivity index (χ4n) is 2.26. The number of hydrogen-bond acceptors (Lipinski definition) is 4. The molecule has 3 aromatic rings. The van der Waals surface area contributed by atoms with E-state index in [9.17, 15) is 4.79 Å². The standard InChI is InChI=1S/C18H17N3OS/c1-13(16-9-5-6-10-19-16)20-17(22)11-15-12-23-18(21-15)14-7-3-2-4-8-14/h2-10,12-13H,11H2,1H3,(H,20,22)/t13-/m0/s1. The van der Waals surface area contributed by atoms with Gasteiger partial charge >= 0.3 is 0 Å². The average molecular weight is 323 g/mol. The van der Waals surface area contributed by atoms with E-state index in [-0.39, 0.29) is 18.4 Å². The lowest BCUT2D eigenvalue weighted by atomic mass is 10.2. The molecule has 4 nitrogen and oxygen atoms in total. The van der Waals surface area contributed by atoms with Crippen molar-refractivity contribution in [3.05, 3.63) is 71.5 Å². The van der Waals surface area contributed by atoms with Crippen molar-refractivity contribution in [2.45, 2.75) is 19.4 Å². The Bertz CT molecular complexity index is 771. The molecule has 5 heteroatoms. The van der Waals surface area contributed by atoms with E-state index in [1.54, 1.807) is 17.5 Å². The number of rotatable bonds is 5. The summed E-state index contributed by atoms with van der Waals surface area (Å²) in [5.41, 5.74) is 2.72. The van der Waals surface area contributed by atoms with Crippen molar-refractivity contribution in [2.24, 2.45) is 0 Å². The summed E-state index contributed by atoms with van der Waals surface area (Å²) in [5, 5.41) is 5.83. The lowest BCUT2D eigenvalue weighted by Gasteiger charge is -2.12. The highest BCUT2D eigenvalue weighted by molar-refractivity contribution is 7.13. The van der Waals surface area contributed by atoms with E-state index in [1.807, 2.05) is 60.8 Å². The van der Waals surface area contributed by atoms with Crippen LogP contribution in [0.2, 0.25) is 0 Å². The molecule has 0 aliphatic rings. The molecule has 0 radical (unpaired) electrons. The molecular formula is C18H17N3OS. The van der Waals surface area contributed by atoms with Gasteiger partial charge in [0.2, 0.25) is 5.91 Å². The Hall–Kier alpha value is -2.53. The van der Waals surface area contributed by atoms with Crippen LogP contribution in [0, 0.1) is 0 Å². The van der Waals surface area contributed by atoms with Gasteiger partial charge in [-0.25, -0.2) is 4.98 Å². The zero-order valence-corrected chi connectivity index (χ0v) is 13.6. The number of hydrogen-bond donors (Lipinski definition) is 1. The minimum Gasteiger partial charge on any atom is -0.348 e. The number of thiazole rings is 1. The van der Waals surface area contributed by atoms with E-state index in [0.717, 1.165) is 22.0 Å². The molecule has 0 saturated carbocycles. The first-order valence-corrected chi connectivity index (χ1v) is 8.30. The summed E-state index contributed by atoms with van der Waals surface area (Å²) in [6, 6.07) is 15.5. The summed E-state index contributed by atoms with van der Waals surface area (Å²) in [5.74, 6) is -0.0481. The maximum absolute atomic E-state index is 12.2. The van der Waals surface area contributed by atoms with Gasteiger partial charge in [0.1, 0.15) is 5.01 Å². The van der Waals surface area contributed by atoms with Crippen molar-refractivity contribution < 1.29 is 4.79 Å². The number of aromatic nitrogens is 2. The summed E-state index contributed by atoms with van der Waals surface area (Å²) in [6.45, 7) is 1.93. The Morgan fingerprint density at radius 3 is 2.70 bits per heavy atom. The highest BCUT2D eigenvalue weighted by atomic mass is 32.1. The van der Waals surface area contributed by atoms with Crippen LogP contribution in [-0.4, -0.2) is 15.9 Å². The van der Waals surface area contributed by atoms with E-state index in [1.165, 1.54) is 0 Å². The van der Waals surface area contributed by atoms with Gasteiger partial charge in [-0.05, 0) is 19.1 Å². The highest BCUT2D eigenvalue weighted by Crippen LogP contribution is 2.23. The molecule has 0 aliphatic heterocycles. The molecule has 23 heavy (non-hydrogen) atoms. The van der Waals surface area contributed by atoms with Crippen molar-refractivity contribution in [3.8, 4) is 10.6 Å². The molecular weight excluding hydrogens is 306 g/mol. The second kappa shape index (κ2) is 7.15. The summed E-state index contributed by atoms with van der Waals surface area (Å²) >= 11 is 1.56. The first kappa shape index (κ1) is 15.4. The predicted octanol–water partition coefficient (Wildman–Crippen LogP) is 3.63. The van der Waals surface area contributed by atoms with E-state index < -0.39 is 0 Å². The van der Waals surface area contributed by atoms with Gasteiger partial charge < -0.3 is 5.32 Å². The molecule has 1 atom stereocenters. The largest absolute Gasteiger partial charge is 0.348 e. The lowest BCUT2D eigenvalue weighted by Crippen LogP contribution is -2.28. The van der Waals surface area contributed by atoms with Crippen LogP contribution in [0.5, 0.6) is 0 Å². The Kier molecular flexibility index (Phi) is 4.78. The molecule has 1 amide bonds. The van der Waals surface area contributed by atoms with Gasteiger partial charge in [-0.3, -0.25) is 9.78 Å². The van der Waals surface area contributed by atoms with Gasteiger partial charge in [-0.1, -0.05) is 36.4 Å². The van der Waals surface area contributed by atoms with Crippen molar-refractivity contribution >= 4 is 17.2 Å². The van der Waals surface area contributed by atoms with Crippen LogP contribution in [0.3, 0.4) is 0 Å². The molecule has 0 unspecified atom stereocenters. The van der Waals surface area contributed by atoms with Crippen LogP contribution in [0.4, 0.5) is 0 Å². The number of amides is 1. The normalized spacial score (nSPS) is 11.9. The first-order chi connectivity index (χ1) is 11.2. The molecule has 116 valence electrons. The Morgan fingerprint density at radius 2 is 1.96 bits per heavy atom. The fraction of sp³-hybridized carbons (Fsp3) is 0.167. The van der Waals surface area contributed by atoms with E-state index in [4.69, 9.17) is 0 Å². The maximum Gasteiger partial charge on any atom is 0.226 e. The molecule has 1 aromatic carbocycles. The van der Waals surface area contributed by atoms with Crippen LogP contribution >= 0.6 is 11.3 Å². The molecule has 0 aliphatic carbocycles. The maximum atomic E-state index is 12.2. The summed E-state index contributed by atoms with van der Waals surface area (Å²) in [7, 11) is 0. The van der Waals surface area contributed by atoms with Crippen LogP contribution < -0.4 is 5.32 Å². The fourth-order valence-corrected chi connectivity index (χ4v) is 3.09. The predicted molar refractivity (Wildman–Crippen MR) is 92.0 cm³/mol. The van der Waals surface area contributed by atoms with Gasteiger partial charge in [0, 0.05) is 17.1 Å². The van der Waals surface area contributed by atoms with Crippen molar-refractivity contribution in [1.29, 1.82) is 0 Å². The van der Waals surface area contributed by atoms with E-state index >= 15 is 0 Å². The number of carbonyl (C=O) groups is 1. The smallest absolute Gasteiger partial charge is 0.226 e. The molecule has 0 fully saturated rings. The molecule has 0 bridgehead atoms. The Balaban J connectivity index is 1.61. The molecule has 1 N–H and O–H groups in total. The van der Waals surface area contributed by atoms with Gasteiger partial charge in [0.15, 0.2) is 0 Å². The first-order valence-electron chi connectivity index (χ1n) is 7.42. The minimum absolute atomic E-state index is 0.0481. The number of nitrogens with zero attached hydrogens (tertiary/aromatic N) is 2. The van der Waals surface area contributed by atoms with Gasteiger partial charge in [0.05, 0.1) is 23.9 Å². The second-order valence-electron chi connectivity index (χ2n) is 5.23. The highest BCUT2D eigenvalue weighted by Gasteiger charge is 2.13. The Morgan fingerprint density at radius 1 is 1.17 bits per heavy atom. The third kappa shape index (κ3) is 4.02. The average Bonchev–Trinajstić information content (AvgIpc) is 3.04. The quantitative estimate of drug-likeness (QED) is 0.780. The van der Waals surface area contributed by atoms with Gasteiger partial charge in [0.25, 0.3) is 0 Å². The molecule has 0 saturated heterocycles. The molecule has 3 rings (SSSR count). The van der Waals surface area contributed by atoms with Crippen molar-refractivity contribution in [3.63, 3.8) is 0 Å². The van der Waals surface area contributed by atoms with Crippen molar-refractivity contribution in [2.75, 3.05) is 0 Å². The summed E-state index contributed by atoms with van der Waals surface area (Å²) < 4.78 is 0. The number of pyridine rings is 1. The van der Waals surface area contributed by atoms with Crippen LogP contribution in [0.25, 0.3) is 10.6 Å². The number of carbonyl (C=O) groups excluding carboxylic acids is 1.